The van der Waals surface area contributed by atoms with Crippen LogP contribution in [0.1, 0.15) is 49.4 Å². The highest BCUT2D eigenvalue weighted by Gasteiger charge is 2.23. The Bertz CT molecular complexity index is 611. The fraction of sp³-hybridized carbons (Fsp3) is 0.529. The van der Waals surface area contributed by atoms with E-state index in [1.54, 1.807) is 0 Å². The summed E-state index contributed by atoms with van der Waals surface area (Å²) in [6.07, 6.45) is 6.51. The number of aryl methyl sites for hydroxylation is 1. The van der Waals surface area contributed by atoms with Crippen LogP contribution in [0.3, 0.4) is 0 Å². The highest BCUT2D eigenvalue weighted by molar-refractivity contribution is 5.57. The Labute approximate surface area is 126 Å². The Morgan fingerprint density at radius 1 is 1.14 bits per heavy atom. The van der Waals surface area contributed by atoms with E-state index in [2.05, 4.69) is 64.9 Å². The van der Waals surface area contributed by atoms with Crippen LogP contribution in [0.15, 0.2) is 24.3 Å². The van der Waals surface area contributed by atoms with Crippen LogP contribution in [0, 0.1) is 6.92 Å². The van der Waals surface area contributed by atoms with E-state index in [1.165, 1.54) is 37.7 Å². The molecule has 1 fully saturated rings. The molecular weight excluding hydrogens is 260 g/mol. The number of anilines is 2. The SMILES string of the molecule is Cc1cccc(N(C)c2nnc(C3CCCCC3)n2C)c1. The summed E-state index contributed by atoms with van der Waals surface area (Å²) in [4.78, 5) is 2.12. The molecule has 4 nitrogen and oxygen atoms in total. The Kier molecular flexibility index (Phi) is 3.95. The molecule has 0 spiro atoms. The third-order valence-corrected chi connectivity index (χ3v) is 4.54. The molecule has 21 heavy (non-hydrogen) atoms. The molecule has 0 aliphatic heterocycles. The van der Waals surface area contributed by atoms with Crippen LogP contribution >= 0.6 is 0 Å². The predicted octanol–water partition coefficient (Wildman–Crippen LogP) is 3.94. The molecular formula is C17H24N4. The highest BCUT2D eigenvalue weighted by Crippen LogP contribution is 2.33. The first-order chi connectivity index (χ1) is 10.2. The zero-order valence-electron chi connectivity index (χ0n) is 13.2. The van der Waals surface area contributed by atoms with Gasteiger partial charge in [0.1, 0.15) is 5.82 Å². The van der Waals surface area contributed by atoms with E-state index in [9.17, 15) is 0 Å². The van der Waals surface area contributed by atoms with E-state index in [-0.39, 0.29) is 0 Å². The normalized spacial score (nSPS) is 16.1. The minimum atomic E-state index is 0.580. The van der Waals surface area contributed by atoms with Crippen molar-refractivity contribution in [3.63, 3.8) is 0 Å². The molecule has 1 aromatic carbocycles. The molecule has 1 saturated carbocycles. The highest BCUT2D eigenvalue weighted by atomic mass is 15.4. The molecule has 0 unspecified atom stereocenters. The Hall–Kier alpha value is -1.84. The molecule has 0 amide bonds. The maximum absolute atomic E-state index is 4.48. The van der Waals surface area contributed by atoms with Crippen LogP contribution in [0.4, 0.5) is 11.6 Å². The van der Waals surface area contributed by atoms with Crippen molar-refractivity contribution < 1.29 is 0 Å². The monoisotopic (exact) mass is 284 g/mol. The smallest absolute Gasteiger partial charge is 0.231 e. The predicted molar refractivity (Wildman–Crippen MR) is 86.1 cm³/mol. The van der Waals surface area contributed by atoms with Gasteiger partial charge in [0.2, 0.25) is 5.95 Å². The quantitative estimate of drug-likeness (QED) is 0.856. The lowest BCUT2D eigenvalue weighted by Crippen LogP contribution is -2.16. The van der Waals surface area contributed by atoms with Crippen molar-refractivity contribution >= 4 is 11.6 Å². The number of aromatic nitrogens is 3. The van der Waals surface area contributed by atoms with Crippen molar-refractivity contribution in [1.29, 1.82) is 0 Å². The first-order valence-corrected chi connectivity index (χ1v) is 7.86. The van der Waals surface area contributed by atoms with E-state index >= 15 is 0 Å². The zero-order chi connectivity index (χ0) is 14.8. The zero-order valence-corrected chi connectivity index (χ0v) is 13.2. The number of hydrogen-bond acceptors (Lipinski definition) is 3. The third kappa shape index (κ3) is 2.80. The summed E-state index contributed by atoms with van der Waals surface area (Å²) < 4.78 is 2.16. The van der Waals surface area contributed by atoms with Crippen LogP contribution < -0.4 is 4.90 Å². The van der Waals surface area contributed by atoms with Gasteiger partial charge in [-0.1, -0.05) is 31.4 Å². The first kappa shape index (κ1) is 14.1. The molecule has 4 heteroatoms. The maximum atomic E-state index is 4.48. The molecule has 3 rings (SSSR count). The second-order valence-electron chi connectivity index (χ2n) is 6.15. The Morgan fingerprint density at radius 2 is 1.90 bits per heavy atom. The molecule has 1 aliphatic carbocycles. The van der Waals surface area contributed by atoms with Crippen molar-refractivity contribution in [1.82, 2.24) is 14.8 Å². The number of nitrogens with zero attached hydrogens (tertiary/aromatic N) is 4. The lowest BCUT2D eigenvalue weighted by molar-refractivity contribution is 0.420. The van der Waals surface area contributed by atoms with Crippen LogP contribution in [0.2, 0.25) is 0 Å². The topological polar surface area (TPSA) is 34.0 Å². The summed E-state index contributed by atoms with van der Waals surface area (Å²) in [6, 6.07) is 8.48. The number of benzene rings is 1. The fourth-order valence-corrected chi connectivity index (χ4v) is 3.29. The average molecular weight is 284 g/mol. The summed E-state index contributed by atoms with van der Waals surface area (Å²) in [5, 5.41) is 8.92. The summed E-state index contributed by atoms with van der Waals surface area (Å²) in [5.41, 5.74) is 2.41. The minimum absolute atomic E-state index is 0.580. The van der Waals surface area contributed by atoms with E-state index in [0.29, 0.717) is 5.92 Å². The van der Waals surface area contributed by atoms with E-state index in [1.807, 2.05) is 0 Å². The van der Waals surface area contributed by atoms with Gasteiger partial charge in [0, 0.05) is 25.7 Å². The standard InChI is InChI=1S/C17H24N4/c1-13-8-7-11-15(12-13)20(2)17-19-18-16(21(17)3)14-9-5-4-6-10-14/h7-8,11-12,14H,4-6,9-10H2,1-3H3. The van der Waals surface area contributed by atoms with Crippen LogP contribution in [-0.2, 0) is 7.05 Å². The van der Waals surface area contributed by atoms with E-state index in [4.69, 9.17) is 0 Å². The lowest BCUT2D eigenvalue weighted by Gasteiger charge is -2.22. The third-order valence-electron chi connectivity index (χ3n) is 4.54. The van der Waals surface area contributed by atoms with Gasteiger partial charge in [-0.05, 0) is 37.5 Å². The largest absolute Gasteiger partial charge is 0.314 e. The molecule has 0 saturated heterocycles. The molecule has 112 valence electrons. The number of rotatable bonds is 3. The van der Waals surface area contributed by atoms with Gasteiger partial charge in [0.25, 0.3) is 0 Å². The van der Waals surface area contributed by atoms with Gasteiger partial charge in [-0.3, -0.25) is 4.57 Å². The molecule has 0 radical (unpaired) electrons. The van der Waals surface area contributed by atoms with Gasteiger partial charge in [-0.25, -0.2) is 0 Å². The van der Waals surface area contributed by atoms with Gasteiger partial charge in [-0.15, -0.1) is 10.2 Å². The Morgan fingerprint density at radius 3 is 2.62 bits per heavy atom. The Balaban J connectivity index is 1.87. The van der Waals surface area contributed by atoms with Crippen molar-refractivity contribution in [3.05, 3.63) is 35.7 Å². The first-order valence-electron chi connectivity index (χ1n) is 7.86. The maximum Gasteiger partial charge on any atom is 0.231 e. The molecule has 0 atom stereocenters. The van der Waals surface area contributed by atoms with Crippen LogP contribution in [-0.4, -0.2) is 21.8 Å². The summed E-state index contributed by atoms with van der Waals surface area (Å²) in [5.74, 6) is 2.64. The molecule has 1 heterocycles. The van der Waals surface area contributed by atoms with Crippen LogP contribution in [0.5, 0.6) is 0 Å². The van der Waals surface area contributed by atoms with Gasteiger partial charge in [0.05, 0.1) is 0 Å². The van der Waals surface area contributed by atoms with Crippen molar-refractivity contribution in [2.45, 2.75) is 44.9 Å². The fourth-order valence-electron chi connectivity index (χ4n) is 3.29. The van der Waals surface area contributed by atoms with Gasteiger partial charge < -0.3 is 4.90 Å². The lowest BCUT2D eigenvalue weighted by atomic mass is 9.89. The van der Waals surface area contributed by atoms with Gasteiger partial charge in [-0.2, -0.15) is 0 Å². The molecule has 0 bridgehead atoms. The summed E-state index contributed by atoms with van der Waals surface area (Å²) in [7, 11) is 4.15. The van der Waals surface area contributed by atoms with Gasteiger partial charge >= 0.3 is 0 Å². The molecule has 1 aromatic heterocycles. The summed E-state index contributed by atoms with van der Waals surface area (Å²) in [6.45, 7) is 2.11. The van der Waals surface area contributed by atoms with Crippen LogP contribution in [0.25, 0.3) is 0 Å². The van der Waals surface area contributed by atoms with E-state index < -0.39 is 0 Å². The summed E-state index contributed by atoms with van der Waals surface area (Å²) >= 11 is 0. The molecule has 1 aliphatic rings. The number of hydrogen-bond donors (Lipinski definition) is 0. The van der Waals surface area contributed by atoms with Crippen molar-refractivity contribution in [2.75, 3.05) is 11.9 Å². The molecule has 0 N–H and O–H groups in total. The van der Waals surface area contributed by atoms with Crippen molar-refractivity contribution in [2.24, 2.45) is 7.05 Å². The van der Waals surface area contributed by atoms with Crippen molar-refractivity contribution in [3.8, 4) is 0 Å². The molecule has 2 aromatic rings. The second kappa shape index (κ2) is 5.88. The average Bonchev–Trinajstić information content (AvgIpc) is 2.89. The second-order valence-corrected chi connectivity index (χ2v) is 6.15. The minimum Gasteiger partial charge on any atom is -0.314 e. The van der Waals surface area contributed by atoms with Gasteiger partial charge in [0.15, 0.2) is 0 Å². The van der Waals surface area contributed by atoms with E-state index in [0.717, 1.165) is 17.5 Å².